The van der Waals surface area contributed by atoms with Gasteiger partial charge in [0, 0.05) is 6.42 Å². The maximum absolute atomic E-state index is 10.0. The summed E-state index contributed by atoms with van der Waals surface area (Å²) >= 11 is 0. The Labute approximate surface area is 83.3 Å². The summed E-state index contributed by atoms with van der Waals surface area (Å²) in [6.07, 6.45) is 2.16. The molecule has 0 fully saturated rings. The van der Waals surface area contributed by atoms with Crippen LogP contribution in [0.5, 0.6) is 5.75 Å². The van der Waals surface area contributed by atoms with Gasteiger partial charge in [0.15, 0.2) is 0 Å². The molecule has 0 saturated carbocycles. The van der Waals surface area contributed by atoms with Crippen LogP contribution in [0.25, 0.3) is 0 Å². The number of unbranched alkanes of at least 4 members (excludes halogenated alkanes) is 1. The molecular weight excluding hydrogens is 180 g/mol. The molecule has 76 valence electrons. The van der Waals surface area contributed by atoms with E-state index in [9.17, 15) is 4.79 Å². The largest absolute Gasteiger partial charge is 0.494 e. The van der Waals surface area contributed by atoms with E-state index in [1.807, 2.05) is 24.3 Å². The molecule has 0 bridgehead atoms. The Hall–Kier alpha value is -1.35. The minimum absolute atomic E-state index is 0.0470. The third-order valence-electron chi connectivity index (χ3n) is 1.84. The van der Waals surface area contributed by atoms with Crippen LogP contribution < -0.4 is 4.74 Å². The van der Waals surface area contributed by atoms with E-state index in [4.69, 9.17) is 9.84 Å². The third-order valence-corrected chi connectivity index (χ3v) is 1.84. The average Bonchev–Trinajstić information content (AvgIpc) is 2.25. The number of ether oxygens (including phenoxy) is 1. The van der Waals surface area contributed by atoms with Crippen molar-refractivity contribution in [2.75, 3.05) is 6.61 Å². The second-order valence-electron chi connectivity index (χ2n) is 2.96. The van der Waals surface area contributed by atoms with Crippen LogP contribution in [0.2, 0.25) is 0 Å². The van der Waals surface area contributed by atoms with Gasteiger partial charge in [-0.05, 0) is 24.1 Å². The zero-order valence-corrected chi connectivity index (χ0v) is 7.98. The van der Waals surface area contributed by atoms with Crippen LogP contribution in [-0.4, -0.2) is 18.0 Å². The first-order valence-corrected chi connectivity index (χ1v) is 4.63. The highest BCUT2D eigenvalue weighted by Gasteiger charge is 1.94. The summed E-state index contributed by atoms with van der Waals surface area (Å²) in [5.41, 5.74) is 0.866. The summed E-state index contributed by atoms with van der Waals surface area (Å²) < 4.78 is 5.37. The SMILES string of the molecule is O=CCCCOc1ccc(CO)cc1. The fraction of sp³-hybridized carbons (Fsp3) is 0.364. The van der Waals surface area contributed by atoms with E-state index < -0.39 is 0 Å². The van der Waals surface area contributed by atoms with E-state index in [1.54, 1.807) is 0 Å². The quantitative estimate of drug-likeness (QED) is 0.552. The Bertz CT molecular complexity index is 266. The Morgan fingerprint density at radius 2 is 2.00 bits per heavy atom. The normalized spacial score (nSPS) is 9.79. The zero-order valence-electron chi connectivity index (χ0n) is 7.98. The zero-order chi connectivity index (χ0) is 10.2. The van der Waals surface area contributed by atoms with Gasteiger partial charge in [-0.25, -0.2) is 0 Å². The molecule has 0 aliphatic rings. The maximum atomic E-state index is 10.0. The first kappa shape index (κ1) is 10.7. The summed E-state index contributed by atoms with van der Waals surface area (Å²) in [5, 5.41) is 8.79. The fourth-order valence-electron chi connectivity index (χ4n) is 1.05. The second-order valence-corrected chi connectivity index (χ2v) is 2.96. The lowest BCUT2D eigenvalue weighted by Crippen LogP contribution is -1.97. The Morgan fingerprint density at radius 3 is 2.57 bits per heavy atom. The first-order chi connectivity index (χ1) is 6.86. The van der Waals surface area contributed by atoms with E-state index in [1.165, 1.54) is 0 Å². The molecule has 0 aliphatic carbocycles. The second kappa shape index (κ2) is 6.16. The molecule has 0 atom stereocenters. The molecule has 1 aromatic rings. The summed E-state index contributed by atoms with van der Waals surface area (Å²) in [6, 6.07) is 7.25. The number of hydrogen-bond donors (Lipinski definition) is 1. The van der Waals surface area contributed by atoms with Crippen LogP contribution in [-0.2, 0) is 11.4 Å². The highest BCUT2D eigenvalue weighted by Crippen LogP contribution is 2.12. The van der Waals surface area contributed by atoms with Gasteiger partial charge in [0.05, 0.1) is 13.2 Å². The molecule has 0 spiro atoms. The van der Waals surface area contributed by atoms with Crippen molar-refractivity contribution in [3.8, 4) is 5.75 Å². The standard InChI is InChI=1S/C11H14O3/c12-7-1-2-8-14-11-5-3-10(9-13)4-6-11/h3-7,13H,1-2,8-9H2. The number of aliphatic hydroxyl groups is 1. The minimum Gasteiger partial charge on any atom is -0.494 e. The van der Waals surface area contributed by atoms with E-state index in [-0.39, 0.29) is 6.61 Å². The van der Waals surface area contributed by atoms with Gasteiger partial charge in [0.1, 0.15) is 12.0 Å². The Kier molecular flexibility index (Phi) is 4.72. The van der Waals surface area contributed by atoms with Crippen molar-refractivity contribution >= 4 is 6.29 Å². The van der Waals surface area contributed by atoms with Crippen molar-refractivity contribution in [2.45, 2.75) is 19.4 Å². The first-order valence-electron chi connectivity index (χ1n) is 4.63. The number of carbonyl (C=O) groups excluding carboxylic acids is 1. The highest BCUT2D eigenvalue weighted by atomic mass is 16.5. The van der Waals surface area contributed by atoms with Gasteiger partial charge < -0.3 is 14.6 Å². The minimum atomic E-state index is 0.0470. The molecule has 3 nitrogen and oxygen atoms in total. The van der Waals surface area contributed by atoms with E-state index in [0.717, 1.165) is 24.0 Å². The van der Waals surface area contributed by atoms with Gasteiger partial charge in [-0.1, -0.05) is 12.1 Å². The molecule has 1 aromatic carbocycles. The topological polar surface area (TPSA) is 46.5 Å². The van der Waals surface area contributed by atoms with Crippen LogP contribution in [0.4, 0.5) is 0 Å². The van der Waals surface area contributed by atoms with Crippen LogP contribution >= 0.6 is 0 Å². The van der Waals surface area contributed by atoms with Gasteiger partial charge in [0.25, 0.3) is 0 Å². The summed E-state index contributed by atoms with van der Waals surface area (Å²) in [6.45, 7) is 0.600. The number of carbonyl (C=O) groups is 1. The van der Waals surface area contributed by atoms with Gasteiger partial charge in [0.2, 0.25) is 0 Å². The number of hydrogen-bond acceptors (Lipinski definition) is 3. The number of rotatable bonds is 6. The summed E-state index contributed by atoms with van der Waals surface area (Å²) in [4.78, 5) is 10.0. The molecule has 1 rings (SSSR count). The van der Waals surface area contributed by atoms with Crippen molar-refractivity contribution in [1.82, 2.24) is 0 Å². The highest BCUT2D eigenvalue weighted by molar-refractivity contribution is 5.48. The molecule has 0 saturated heterocycles. The Morgan fingerprint density at radius 1 is 1.29 bits per heavy atom. The van der Waals surface area contributed by atoms with Gasteiger partial charge in [-0.15, -0.1) is 0 Å². The van der Waals surface area contributed by atoms with Crippen LogP contribution in [0.15, 0.2) is 24.3 Å². The van der Waals surface area contributed by atoms with Crippen molar-refractivity contribution in [3.05, 3.63) is 29.8 Å². The van der Waals surface area contributed by atoms with Crippen molar-refractivity contribution in [1.29, 1.82) is 0 Å². The van der Waals surface area contributed by atoms with Crippen LogP contribution in [0.1, 0.15) is 18.4 Å². The summed E-state index contributed by atoms with van der Waals surface area (Å²) in [7, 11) is 0. The molecule has 0 amide bonds. The Balaban J connectivity index is 2.32. The number of aliphatic hydroxyl groups excluding tert-OH is 1. The molecule has 14 heavy (non-hydrogen) atoms. The predicted molar refractivity (Wildman–Crippen MR) is 53.2 cm³/mol. The number of aldehydes is 1. The molecule has 0 radical (unpaired) electrons. The lowest BCUT2D eigenvalue weighted by atomic mass is 10.2. The van der Waals surface area contributed by atoms with Gasteiger partial charge >= 0.3 is 0 Å². The van der Waals surface area contributed by atoms with Gasteiger partial charge in [-0.2, -0.15) is 0 Å². The molecule has 1 N–H and O–H groups in total. The third kappa shape index (κ3) is 3.58. The van der Waals surface area contributed by atoms with Crippen LogP contribution in [0, 0.1) is 0 Å². The molecule has 3 heteroatoms. The van der Waals surface area contributed by atoms with Crippen molar-refractivity contribution in [3.63, 3.8) is 0 Å². The van der Waals surface area contributed by atoms with E-state index >= 15 is 0 Å². The lowest BCUT2D eigenvalue weighted by Gasteiger charge is -2.04. The maximum Gasteiger partial charge on any atom is 0.120 e. The molecule has 0 aromatic heterocycles. The molecule has 0 aliphatic heterocycles. The van der Waals surface area contributed by atoms with Crippen molar-refractivity contribution < 1.29 is 14.6 Å². The van der Waals surface area contributed by atoms with Gasteiger partial charge in [-0.3, -0.25) is 0 Å². The predicted octanol–water partition coefficient (Wildman–Crippen LogP) is 1.54. The molecular formula is C11H14O3. The average molecular weight is 194 g/mol. The fourth-order valence-corrected chi connectivity index (χ4v) is 1.05. The molecule has 0 unspecified atom stereocenters. The lowest BCUT2D eigenvalue weighted by molar-refractivity contribution is -0.108. The van der Waals surface area contributed by atoms with E-state index in [2.05, 4.69) is 0 Å². The van der Waals surface area contributed by atoms with Crippen LogP contribution in [0.3, 0.4) is 0 Å². The summed E-state index contributed by atoms with van der Waals surface area (Å²) in [5.74, 6) is 0.771. The van der Waals surface area contributed by atoms with Crippen molar-refractivity contribution in [2.24, 2.45) is 0 Å². The number of benzene rings is 1. The van der Waals surface area contributed by atoms with E-state index in [0.29, 0.717) is 13.0 Å². The smallest absolute Gasteiger partial charge is 0.120 e. The molecule has 0 heterocycles. The monoisotopic (exact) mass is 194 g/mol.